The fourth-order valence-corrected chi connectivity index (χ4v) is 6.41. The molecule has 0 radical (unpaired) electrons. The van der Waals surface area contributed by atoms with Gasteiger partial charge in [-0.15, -0.1) is 11.3 Å². The Bertz CT molecular complexity index is 1240. The number of halogens is 1. The number of thiazole rings is 1. The molecule has 1 aliphatic rings. The van der Waals surface area contributed by atoms with Gasteiger partial charge in [-0.3, -0.25) is 9.79 Å². The summed E-state index contributed by atoms with van der Waals surface area (Å²) in [5.41, 5.74) is 5.16. The maximum absolute atomic E-state index is 12.4. The lowest BCUT2D eigenvalue weighted by molar-refractivity contribution is -0.148. The van der Waals surface area contributed by atoms with Crippen LogP contribution in [0.2, 0.25) is 0 Å². The highest BCUT2D eigenvalue weighted by atomic mass is 79.9. The number of esters is 1. The van der Waals surface area contributed by atoms with E-state index in [1.165, 1.54) is 5.56 Å². The van der Waals surface area contributed by atoms with Crippen LogP contribution in [0.1, 0.15) is 73.1 Å². The van der Waals surface area contributed by atoms with Crippen LogP contribution in [0.3, 0.4) is 0 Å². The highest BCUT2D eigenvalue weighted by molar-refractivity contribution is 9.10. The summed E-state index contributed by atoms with van der Waals surface area (Å²) < 4.78 is 12.8. The molecule has 0 aliphatic heterocycles. The second kappa shape index (κ2) is 13.3. The van der Waals surface area contributed by atoms with Crippen LogP contribution in [0.5, 0.6) is 5.75 Å². The average molecular weight is 584 g/mol. The number of carbonyl (C=O) groups excluding carboxylic acids is 1. The molecule has 5 nitrogen and oxygen atoms in total. The van der Waals surface area contributed by atoms with Gasteiger partial charge in [-0.1, -0.05) is 40.9 Å². The van der Waals surface area contributed by atoms with Crippen molar-refractivity contribution in [3.8, 4) is 17.0 Å². The first-order valence-electron chi connectivity index (χ1n) is 13.1. The van der Waals surface area contributed by atoms with E-state index in [-0.39, 0.29) is 11.9 Å². The Labute approximate surface area is 232 Å². The lowest BCUT2D eigenvalue weighted by Crippen LogP contribution is -2.20. The molecule has 37 heavy (non-hydrogen) atoms. The third kappa shape index (κ3) is 7.08. The maximum atomic E-state index is 12.4. The normalized spacial score (nSPS) is 18.4. The van der Waals surface area contributed by atoms with Crippen molar-refractivity contribution in [2.75, 3.05) is 13.7 Å². The van der Waals surface area contributed by atoms with Crippen molar-refractivity contribution in [3.05, 3.63) is 67.9 Å². The van der Waals surface area contributed by atoms with E-state index in [9.17, 15) is 4.79 Å². The van der Waals surface area contributed by atoms with Crippen LogP contribution in [-0.4, -0.2) is 30.8 Å². The van der Waals surface area contributed by atoms with Crippen molar-refractivity contribution in [2.45, 2.75) is 64.9 Å². The van der Waals surface area contributed by atoms with Crippen molar-refractivity contribution in [2.24, 2.45) is 10.9 Å². The fourth-order valence-electron chi connectivity index (χ4n) is 4.94. The van der Waals surface area contributed by atoms with E-state index in [2.05, 4.69) is 51.4 Å². The van der Waals surface area contributed by atoms with Crippen LogP contribution < -0.4 is 4.74 Å². The van der Waals surface area contributed by atoms with Crippen molar-refractivity contribution in [1.82, 2.24) is 4.98 Å². The molecule has 0 saturated heterocycles. The number of carbonyl (C=O) groups is 1. The summed E-state index contributed by atoms with van der Waals surface area (Å²) in [6.45, 7) is 4.88. The fraction of sp³-hybridized carbons (Fsp3) is 0.433. The Balaban J connectivity index is 1.56. The van der Waals surface area contributed by atoms with E-state index >= 15 is 0 Å². The van der Waals surface area contributed by atoms with E-state index in [0.29, 0.717) is 19.1 Å². The minimum atomic E-state index is -0.0415. The number of hydrogen-bond acceptors (Lipinski definition) is 6. The molecular formula is C30H35BrN2O3S. The lowest BCUT2D eigenvalue weighted by Gasteiger charge is -2.22. The van der Waals surface area contributed by atoms with Gasteiger partial charge in [-0.05, 0) is 74.9 Å². The number of para-hydroxylation sites is 1. The summed E-state index contributed by atoms with van der Waals surface area (Å²) >= 11 is 5.25. The van der Waals surface area contributed by atoms with E-state index < -0.39 is 0 Å². The van der Waals surface area contributed by atoms with Gasteiger partial charge in [-0.25, -0.2) is 4.98 Å². The molecule has 1 aliphatic carbocycles. The SMILES string of the molecule is CCOC(=O)C1CCCCC(c2nc(-c3cccc(/C=N\C)c3OCc3ccc(Br)cc3C)cs2)CC1. The molecular weight excluding hydrogens is 548 g/mol. The average Bonchev–Trinajstić information content (AvgIpc) is 3.34. The van der Waals surface area contributed by atoms with Crippen LogP contribution in [0.25, 0.3) is 11.3 Å². The molecule has 0 N–H and O–H groups in total. The molecule has 196 valence electrons. The highest BCUT2D eigenvalue weighted by Gasteiger charge is 2.26. The second-order valence-electron chi connectivity index (χ2n) is 9.55. The minimum absolute atomic E-state index is 0.00858. The summed E-state index contributed by atoms with van der Waals surface area (Å²) in [5, 5.41) is 3.28. The van der Waals surface area contributed by atoms with Crippen LogP contribution in [0.15, 0.2) is 51.2 Å². The van der Waals surface area contributed by atoms with Crippen LogP contribution in [-0.2, 0) is 16.1 Å². The number of benzene rings is 2. The molecule has 1 aromatic heterocycles. The van der Waals surface area contributed by atoms with Gasteiger partial charge in [0.05, 0.1) is 23.2 Å². The van der Waals surface area contributed by atoms with Crippen LogP contribution in [0.4, 0.5) is 0 Å². The Morgan fingerprint density at radius 2 is 2.03 bits per heavy atom. The summed E-state index contributed by atoms with van der Waals surface area (Å²) in [5.74, 6) is 1.13. The van der Waals surface area contributed by atoms with Crippen LogP contribution in [0, 0.1) is 12.8 Å². The molecule has 1 fully saturated rings. The predicted octanol–water partition coefficient (Wildman–Crippen LogP) is 8.13. The molecule has 1 saturated carbocycles. The molecule has 2 unspecified atom stereocenters. The zero-order valence-corrected chi connectivity index (χ0v) is 24.2. The summed E-state index contributed by atoms with van der Waals surface area (Å²) in [6.07, 6.45) is 7.87. The zero-order chi connectivity index (χ0) is 26.2. The Kier molecular flexibility index (Phi) is 9.92. The monoisotopic (exact) mass is 582 g/mol. The standard InChI is InChI=1S/C30H35BrN2O3S/c1-4-35-30(34)22-9-6-5-8-21(12-13-22)29-33-27(19-37-29)26-11-7-10-23(17-32-3)28(26)36-18-24-14-15-25(31)16-20(24)2/h7,10-11,14-17,19,21-22H,4-6,8-9,12-13,18H2,1-3H3/b32-17-. The molecule has 2 atom stereocenters. The first-order valence-corrected chi connectivity index (χ1v) is 14.7. The molecule has 0 spiro atoms. The Morgan fingerprint density at radius 1 is 1.19 bits per heavy atom. The van der Waals surface area contributed by atoms with E-state index in [4.69, 9.17) is 14.5 Å². The minimum Gasteiger partial charge on any atom is -0.487 e. The zero-order valence-electron chi connectivity index (χ0n) is 21.8. The van der Waals surface area contributed by atoms with Crippen molar-refractivity contribution in [3.63, 3.8) is 0 Å². The van der Waals surface area contributed by atoms with Gasteiger partial charge >= 0.3 is 5.97 Å². The number of nitrogens with zero attached hydrogens (tertiary/aromatic N) is 2. The summed E-state index contributed by atoms with van der Waals surface area (Å²) in [6, 6.07) is 12.4. The largest absolute Gasteiger partial charge is 0.487 e. The first kappa shape index (κ1) is 27.5. The summed E-state index contributed by atoms with van der Waals surface area (Å²) in [4.78, 5) is 21.7. The van der Waals surface area contributed by atoms with Gasteiger partial charge in [0.1, 0.15) is 12.4 Å². The first-order chi connectivity index (χ1) is 18.0. The smallest absolute Gasteiger partial charge is 0.308 e. The maximum Gasteiger partial charge on any atom is 0.308 e. The predicted molar refractivity (Wildman–Crippen MR) is 155 cm³/mol. The molecule has 2 aromatic carbocycles. The molecule has 0 bridgehead atoms. The number of aromatic nitrogens is 1. The molecule has 4 rings (SSSR count). The van der Waals surface area contributed by atoms with Crippen LogP contribution >= 0.6 is 27.3 Å². The van der Waals surface area contributed by atoms with E-state index in [0.717, 1.165) is 76.1 Å². The highest BCUT2D eigenvalue weighted by Crippen LogP contribution is 2.39. The van der Waals surface area contributed by atoms with Crippen molar-refractivity contribution < 1.29 is 14.3 Å². The quantitative estimate of drug-likeness (QED) is 0.199. The van der Waals surface area contributed by atoms with Gasteiger partial charge in [0.25, 0.3) is 0 Å². The summed E-state index contributed by atoms with van der Waals surface area (Å²) in [7, 11) is 1.77. The third-order valence-corrected chi connectivity index (χ3v) is 8.48. The van der Waals surface area contributed by atoms with E-state index in [1.807, 2.05) is 31.3 Å². The Morgan fingerprint density at radius 3 is 2.81 bits per heavy atom. The molecule has 3 aromatic rings. The third-order valence-electron chi connectivity index (χ3n) is 6.98. The Hall–Kier alpha value is -2.51. The van der Waals surface area contributed by atoms with Gasteiger partial charge < -0.3 is 9.47 Å². The van der Waals surface area contributed by atoms with E-state index in [1.54, 1.807) is 18.4 Å². The number of hydrogen-bond donors (Lipinski definition) is 0. The number of ether oxygens (including phenoxy) is 2. The van der Waals surface area contributed by atoms with Crippen molar-refractivity contribution >= 4 is 39.5 Å². The van der Waals surface area contributed by atoms with Gasteiger partial charge in [0, 0.05) is 40.2 Å². The molecule has 0 amide bonds. The lowest BCUT2D eigenvalue weighted by atomic mass is 9.85. The van der Waals surface area contributed by atoms with Gasteiger partial charge in [-0.2, -0.15) is 0 Å². The van der Waals surface area contributed by atoms with Crippen molar-refractivity contribution in [1.29, 1.82) is 0 Å². The number of aryl methyl sites for hydroxylation is 1. The molecule has 1 heterocycles. The molecule has 7 heteroatoms. The number of aliphatic imine (C=N–C) groups is 1. The second-order valence-corrected chi connectivity index (χ2v) is 11.4. The van der Waals surface area contributed by atoms with Gasteiger partial charge in [0.2, 0.25) is 0 Å². The topological polar surface area (TPSA) is 60.8 Å². The number of rotatable bonds is 8. The van der Waals surface area contributed by atoms with Gasteiger partial charge in [0.15, 0.2) is 0 Å².